The molecule has 1 fully saturated rings. The third-order valence-corrected chi connectivity index (χ3v) is 5.29. The zero-order valence-electron chi connectivity index (χ0n) is 15.8. The van der Waals surface area contributed by atoms with Gasteiger partial charge in [0.25, 0.3) is 5.91 Å². The minimum atomic E-state index is -0.329. The lowest BCUT2D eigenvalue weighted by Crippen LogP contribution is -2.35. The molecule has 1 N–H and O–H groups in total. The Balaban J connectivity index is 1.38. The predicted octanol–water partition coefficient (Wildman–Crippen LogP) is 4.76. The minimum Gasteiger partial charge on any atom is -0.484 e. The predicted molar refractivity (Wildman–Crippen MR) is 109 cm³/mol. The largest absolute Gasteiger partial charge is 0.484 e. The monoisotopic (exact) mass is 443 g/mol. The summed E-state index contributed by atoms with van der Waals surface area (Å²) in [5, 5.41) is 9.16. The van der Waals surface area contributed by atoms with Crippen molar-refractivity contribution in [2.75, 3.05) is 6.61 Å². The van der Waals surface area contributed by atoms with Crippen LogP contribution < -0.4 is 10.1 Å². The van der Waals surface area contributed by atoms with Crippen molar-refractivity contribution in [1.82, 2.24) is 15.5 Å². The molecular weight excluding hydrogens is 422 g/mol. The molecule has 1 atom stereocenters. The van der Waals surface area contributed by atoms with Gasteiger partial charge in [-0.2, -0.15) is 4.98 Å². The zero-order valence-corrected chi connectivity index (χ0v) is 17.4. The highest BCUT2D eigenvalue weighted by atomic mass is 79.9. The summed E-state index contributed by atoms with van der Waals surface area (Å²) in [6.07, 6.45) is 2.21. The average molecular weight is 444 g/mol. The smallest absolute Gasteiger partial charge is 0.258 e. The van der Waals surface area contributed by atoms with Gasteiger partial charge in [0, 0.05) is 10.4 Å². The first-order valence-corrected chi connectivity index (χ1v) is 10.2. The Morgan fingerprint density at radius 2 is 2.00 bits per heavy atom. The van der Waals surface area contributed by atoms with E-state index < -0.39 is 0 Å². The molecule has 1 aromatic heterocycles. The molecule has 1 heterocycles. The quantitative estimate of drug-likeness (QED) is 0.569. The van der Waals surface area contributed by atoms with Gasteiger partial charge in [-0.25, -0.2) is 0 Å². The number of halogens is 1. The highest BCUT2D eigenvalue weighted by molar-refractivity contribution is 9.10. The molecule has 146 valence electrons. The molecule has 3 aromatic rings. The van der Waals surface area contributed by atoms with Crippen molar-refractivity contribution in [2.45, 2.75) is 38.6 Å². The van der Waals surface area contributed by atoms with Crippen LogP contribution in [0, 0.1) is 5.92 Å². The molecule has 1 saturated carbocycles. The summed E-state index contributed by atoms with van der Waals surface area (Å²) in [6, 6.07) is 11.5. The molecule has 1 aliphatic rings. The normalized spacial score (nSPS) is 15.0. The lowest BCUT2D eigenvalue weighted by atomic mass is 10.0. The van der Waals surface area contributed by atoms with Crippen LogP contribution in [0.2, 0.25) is 0 Å². The first-order valence-electron chi connectivity index (χ1n) is 9.44. The number of hydrogen-bond acceptors (Lipinski definition) is 5. The van der Waals surface area contributed by atoms with Crippen LogP contribution in [0.4, 0.5) is 0 Å². The van der Waals surface area contributed by atoms with E-state index in [1.807, 2.05) is 50.2 Å². The van der Waals surface area contributed by atoms with Crippen LogP contribution in [-0.4, -0.2) is 22.7 Å². The van der Waals surface area contributed by atoms with Crippen LogP contribution in [0.25, 0.3) is 10.8 Å². The van der Waals surface area contributed by atoms with E-state index in [9.17, 15) is 4.79 Å². The molecule has 1 aliphatic carbocycles. The number of rotatable bonds is 7. The van der Waals surface area contributed by atoms with E-state index in [0.717, 1.165) is 33.9 Å². The molecule has 0 aliphatic heterocycles. The van der Waals surface area contributed by atoms with Crippen molar-refractivity contribution < 1.29 is 14.1 Å². The average Bonchev–Trinajstić information content (AvgIpc) is 3.41. The zero-order chi connectivity index (χ0) is 19.7. The van der Waals surface area contributed by atoms with Gasteiger partial charge < -0.3 is 14.6 Å². The number of benzene rings is 2. The Morgan fingerprint density at radius 1 is 1.25 bits per heavy atom. The Kier molecular flexibility index (Phi) is 5.35. The second kappa shape index (κ2) is 7.91. The second-order valence-corrected chi connectivity index (χ2v) is 8.41. The second-order valence-electron chi connectivity index (χ2n) is 7.50. The fourth-order valence-corrected chi connectivity index (χ4v) is 3.42. The number of carbonyl (C=O) groups is 1. The highest BCUT2D eigenvalue weighted by Crippen LogP contribution is 2.38. The lowest BCUT2D eigenvalue weighted by molar-refractivity contribution is -0.124. The molecule has 4 rings (SSSR count). The maximum Gasteiger partial charge on any atom is 0.258 e. The fourth-order valence-electron chi connectivity index (χ4n) is 3.04. The van der Waals surface area contributed by atoms with Crippen LogP contribution in [0.3, 0.4) is 0 Å². The van der Waals surface area contributed by atoms with Crippen molar-refractivity contribution in [3.05, 3.63) is 52.6 Å². The highest BCUT2D eigenvalue weighted by Gasteiger charge is 2.31. The summed E-state index contributed by atoms with van der Waals surface area (Å²) in [4.78, 5) is 16.9. The first kappa shape index (κ1) is 18.9. The summed E-state index contributed by atoms with van der Waals surface area (Å²) in [7, 11) is 0. The van der Waals surface area contributed by atoms with Gasteiger partial charge in [-0.15, -0.1) is 0 Å². The molecule has 6 nitrogen and oxygen atoms in total. The van der Waals surface area contributed by atoms with Crippen molar-refractivity contribution in [2.24, 2.45) is 5.92 Å². The number of nitrogens with one attached hydrogen (secondary N) is 1. The van der Waals surface area contributed by atoms with Gasteiger partial charge in [0.15, 0.2) is 12.4 Å². The van der Waals surface area contributed by atoms with Crippen molar-refractivity contribution in [3.63, 3.8) is 0 Å². The number of hydrogen-bond donors (Lipinski definition) is 1. The van der Waals surface area contributed by atoms with Crippen molar-refractivity contribution in [1.29, 1.82) is 0 Å². The molecule has 0 radical (unpaired) electrons. The number of carbonyl (C=O) groups excluding carboxylic acids is 1. The van der Waals surface area contributed by atoms with Gasteiger partial charge in [-0.3, -0.25) is 4.79 Å². The Labute approximate surface area is 171 Å². The van der Waals surface area contributed by atoms with E-state index in [4.69, 9.17) is 9.26 Å². The molecule has 1 unspecified atom stereocenters. The molecule has 28 heavy (non-hydrogen) atoms. The maximum atomic E-state index is 12.4. The first-order chi connectivity index (χ1) is 13.5. The molecule has 1 amide bonds. The van der Waals surface area contributed by atoms with Crippen LogP contribution in [0.5, 0.6) is 5.75 Å². The number of nitrogens with zero attached hydrogens (tertiary/aromatic N) is 2. The number of fused-ring (bicyclic) bond motifs is 1. The number of aromatic nitrogens is 2. The van der Waals surface area contributed by atoms with E-state index in [0.29, 0.717) is 17.6 Å². The van der Waals surface area contributed by atoms with E-state index in [1.165, 1.54) is 0 Å². The Bertz CT molecular complexity index is 997. The Hall–Kier alpha value is -2.41. The molecular formula is C21H22BrN3O3. The lowest BCUT2D eigenvalue weighted by Gasteiger charge is -2.18. The van der Waals surface area contributed by atoms with Gasteiger partial charge in [0.1, 0.15) is 11.8 Å². The summed E-state index contributed by atoms with van der Waals surface area (Å²) in [5.41, 5.74) is 0. The van der Waals surface area contributed by atoms with E-state index in [1.54, 1.807) is 0 Å². The fraction of sp³-hybridized carbons (Fsp3) is 0.381. The molecule has 2 aromatic carbocycles. The van der Waals surface area contributed by atoms with Gasteiger partial charge in [-0.05, 0) is 53.8 Å². The topological polar surface area (TPSA) is 77.2 Å². The number of ether oxygens (including phenoxy) is 1. The van der Waals surface area contributed by atoms with Gasteiger partial charge >= 0.3 is 0 Å². The van der Waals surface area contributed by atoms with E-state index in [-0.39, 0.29) is 24.5 Å². The number of amides is 1. The van der Waals surface area contributed by atoms with Gasteiger partial charge in [-0.1, -0.05) is 47.1 Å². The van der Waals surface area contributed by atoms with Crippen LogP contribution >= 0.6 is 15.9 Å². The Morgan fingerprint density at radius 3 is 2.75 bits per heavy atom. The maximum absolute atomic E-state index is 12.4. The van der Waals surface area contributed by atoms with Crippen LogP contribution in [0.1, 0.15) is 50.4 Å². The molecule has 0 spiro atoms. The van der Waals surface area contributed by atoms with E-state index in [2.05, 4.69) is 31.4 Å². The van der Waals surface area contributed by atoms with E-state index >= 15 is 0 Å². The minimum absolute atomic E-state index is 0.0745. The summed E-state index contributed by atoms with van der Waals surface area (Å²) >= 11 is 3.47. The summed E-state index contributed by atoms with van der Waals surface area (Å²) in [5.74, 6) is 2.17. The van der Waals surface area contributed by atoms with Crippen LogP contribution in [-0.2, 0) is 4.79 Å². The summed E-state index contributed by atoms with van der Waals surface area (Å²) < 4.78 is 12.1. The standard InChI is InChI=1S/C21H22BrN3O3/c1-12(2)19(21-24-20(25-28-21)13-3-4-13)23-18(26)11-27-17-8-6-14-9-16(22)7-5-15(14)10-17/h5-10,12-13,19H,3-4,11H2,1-2H3,(H,23,26). The third-order valence-electron chi connectivity index (χ3n) is 4.79. The molecule has 0 saturated heterocycles. The summed E-state index contributed by atoms with van der Waals surface area (Å²) in [6.45, 7) is 3.94. The van der Waals surface area contributed by atoms with Crippen LogP contribution in [0.15, 0.2) is 45.4 Å². The molecule has 7 heteroatoms. The van der Waals surface area contributed by atoms with Gasteiger partial charge in [0.05, 0.1) is 0 Å². The van der Waals surface area contributed by atoms with Crippen molar-refractivity contribution >= 4 is 32.6 Å². The third kappa shape index (κ3) is 4.35. The van der Waals surface area contributed by atoms with Crippen molar-refractivity contribution in [3.8, 4) is 5.75 Å². The molecule has 0 bridgehead atoms. The van der Waals surface area contributed by atoms with Gasteiger partial charge in [0.2, 0.25) is 5.89 Å². The SMILES string of the molecule is CC(C)C(NC(=O)COc1ccc2cc(Br)ccc2c1)c1nc(C2CC2)no1.